The Balaban J connectivity index is 1.53. The van der Waals surface area contributed by atoms with Crippen LogP contribution in [0.25, 0.3) is 0 Å². The van der Waals surface area contributed by atoms with E-state index in [0.29, 0.717) is 12.1 Å². The Morgan fingerprint density at radius 3 is 2.80 bits per heavy atom. The molecule has 1 atom stereocenters. The highest BCUT2D eigenvalue weighted by atomic mass is 35.5. The highest BCUT2D eigenvalue weighted by molar-refractivity contribution is 6.31. The quantitative estimate of drug-likeness (QED) is 0.922. The summed E-state index contributed by atoms with van der Waals surface area (Å²) in [6, 6.07) is 3.14. The van der Waals surface area contributed by atoms with E-state index >= 15 is 0 Å². The first kappa shape index (κ1) is 14.3. The minimum Gasteiger partial charge on any atom is -0.328 e. The van der Waals surface area contributed by atoms with Crippen LogP contribution in [0.5, 0.6) is 0 Å². The molecular weight excluding hydrogens is 272 g/mol. The van der Waals surface area contributed by atoms with Crippen LogP contribution in [0.2, 0.25) is 5.02 Å². The van der Waals surface area contributed by atoms with E-state index < -0.39 is 0 Å². The third kappa shape index (κ3) is 3.31. The first-order chi connectivity index (χ1) is 9.72. The van der Waals surface area contributed by atoms with Gasteiger partial charge >= 0.3 is 0 Å². The van der Waals surface area contributed by atoms with Gasteiger partial charge in [0, 0.05) is 44.1 Å². The van der Waals surface area contributed by atoms with Gasteiger partial charge in [-0.1, -0.05) is 11.6 Å². The molecule has 1 aromatic rings. The van der Waals surface area contributed by atoms with E-state index in [9.17, 15) is 0 Å². The fraction of sp³-hybridized carbons (Fsp3) is 0.667. The van der Waals surface area contributed by atoms with E-state index in [1.165, 1.54) is 12.0 Å². The lowest BCUT2D eigenvalue weighted by molar-refractivity contribution is 0.151. The number of piperidine rings is 1. The number of likely N-dealkylation sites (tertiary alicyclic amines) is 2. The summed E-state index contributed by atoms with van der Waals surface area (Å²) in [5, 5.41) is 0.778. The molecule has 20 heavy (non-hydrogen) atoms. The van der Waals surface area contributed by atoms with Crippen molar-refractivity contribution in [3.05, 3.63) is 29.0 Å². The van der Waals surface area contributed by atoms with Gasteiger partial charge in [-0.2, -0.15) is 0 Å². The molecule has 110 valence electrons. The summed E-state index contributed by atoms with van der Waals surface area (Å²) in [6.07, 6.45) is 7.11. The molecule has 2 fully saturated rings. The van der Waals surface area contributed by atoms with E-state index in [2.05, 4.69) is 14.8 Å². The van der Waals surface area contributed by atoms with Gasteiger partial charge in [-0.15, -0.1) is 0 Å². The molecule has 2 N–H and O–H groups in total. The Labute approximate surface area is 125 Å². The van der Waals surface area contributed by atoms with Crippen molar-refractivity contribution in [2.24, 2.45) is 5.73 Å². The number of rotatable bonds is 3. The molecule has 0 amide bonds. The molecule has 0 saturated carbocycles. The molecule has 4 nitrogen and oxygen atoms in total. The Hall–Kier alpha value is -0.680. The van der Waals surface area contributed by atoms with Gasteiger partial charge in [0.15, 0.2) is 0 Å². The van der Waals surface area contributed by atoms with Gasteiger partial charge in [0.1, 0.15) is 0 Å². The van der Waals surface area contributed by atoms with Crippen LogP contribution in [0, 0.1) is 0 Å². The summed E-state index contributed by atoms with van der Waals surface area (Å²) >= 11 is 6.19. The third-order valence-electron chi connectivity index (χ3n) is 4.59. The van der Waals surface area contributed by atoms with Crippen LogP contribution in [0.1, 0.15) is 24.8 Å². The molecule has 1 unspecified atom stereocenters. The summed E-state index contributed by atoms with van der Waals surface area (Å²) < 4.78 is 0. The van der Waals surface area contributed by atoms with Crippen LogP contribution in [0.15, 0.2) is 18.5 Å². The van der Waals surface area contributed by atoms with Gasteiger partial charge in [0.05, 0.1) is 5.02 Å². The van der Waals surface area contributed by atoms with Gasteiger partial charge in [-0.25, -0.2) is 0 Å². The SMILES string of the molecule is NC1CCN(C2CCN(Cc3ccncc3Cl)C2)CC1. The summed E-state index contributed by atoms with van der Waals surface area (Å²) in [6.45, 7) is 5.57. The zero-order chi connectivity index (χ0) is 13.9. The number of hydrogen-bond acceptors (Lipinski definition) is 4. The van der Waals surface area contributed by atoms with E-state index in [1.54, 1.807) is 6.20 Å². The van der Waals surface area contributed by atoms with Crippen molar-refractivity contribution in [2.75, 3.05) is 26.2 Å². The highest BCUT2D eigenvalue weighted by Gasteiger charge is 2.29. The maximum absolute atomic E-state index is 6.19. The van der Waals surface area contributed by atoms with Crippen LogP contribution in [0.3, 0.4) is 0 Å². The molecule has 2 aliphatic rings. The van der Waals surface area contributed by atoms with Crippen LogP contribution < -0.4 is 5.73 Å². The molecule has 5 heteroatoms. The normalized spacial score (nSPS) is 26.2. The van der Waals surface area contributed by atoms with Crippen LogP contribution in [-0.4, -0.2) is 53.0 Å². The molecule has 0 aliphatic carbocycles. The van der Waals surface area contributed by atoms with E-state index in [1.807, 2.05) is 12.3 Å². The summed E-state index contributed by atoms with van der Waals surface area (Å²) in [5.74, 6) is 0. The lowest BCUT2D eigenvalue weighted by Gasteiger charge is -2.34. The fourth-order valence-electron chi connectivity index (χ4n) is 3.31. The fourth-order valence-corrected chi connectivity index (χ4v) is 3.49. The maximum atomic E-state index is 6.19. The second-order valence-electron chi connectivity index (χ2n) is 6.02. The molecule has 0 aromatic carbocycles. The number of aromatic nitrogens is 1. The Morgan fingerprint density at radius 1 is 1.25 bits per heavy atom. The largest absolute Gasteiger partial charge is 0.328 e. The predicted molar refractivity (Wildman–Crippen MR) is 81.7 cm³/mol. The molecule has 0 bridgehead atoms. The second-order valence-corrected chi connectivity index (χ2v) is 6.43. The molecule has 3 heterocycles. The second kappa shape index (κ2) is 6.39. The molecule has 0 spiro atoms. The Bertz CT molecular complexity index is 445. The minimum absolute atomic E-state index is 0.416. The van der Waals surface area contributed by atoms with Crippen molar-refractivity contribution >= 4 is 11.6 Å². The van der Waals surface area contributed by atoms with Crippen molar-refractivity contribution in [3.8, 4) is 0 Å². The number of halogens is 1. The van der Waals surface area contributed by atoms with E-state index in [4.69, 9.17) is 17.3 Å². The first-order valence-corrected chi connectivity index (χ1v) is 7.90. The summed E-state index contributed by atoms with van der Waals surface area (Å²) in [7, 11) is 0. The number of hydrogen-bond donors (Lipinski definition) is 1. The topological polar surface area (TPSA) is 45.4 Å². The molecule has 2 aliphatic heterocycles. The maximum Gasteiger partial charge on any atom is 0.0634 e. The molecule has 3 rings (SSSR count). The van der Waals surface area contributed by atoms with Crippen molar-refractivity contribution in [1.29, 1.82) is 0 Å². The zero-order valence-corrected chi connectivity index (χ0v) is 12.6. The lowest BCUT2D eigenvalue weighted by atomic mass is 10.0. The van der Waals surface area contributed by atoms with Crippen LogP contribution in [-0.2, 0) is 6.54 Å². The van der Waals surface area contributed by atoms with Crippen molar-refractivity contribution < 1.29 is 0 Å². The monoisotopic (exact) mass is 294 g/mol. The average molecular weight is 295 g/mol. The standard InChI is InChI=1S/C15H23ClN4/c16-15-9-18-5-1-12(15)10-19-6-4-14(11-19)20-7-2-13(17)3-8-20/h1,5,9,13-14H,2-4,6-8,10-11,17H2. The summed E-state index contributed by atoms with van der Waals surface area (Å²) in [4.78, 5) is 9.17. The first-order valence-electron chi connectivity index (χ1n) is 7.53. The van der Waals surface area contributed by atoms with Gasteiger partial charge < -0.3 is 5.73 Å². The average Bonchev–Trinajstić information content (AvgIpc) is 2.91. The Morgan fingerprint density at radius 2 is 2.05 bits per heavy atom. The van der Waals surface area contributed by atoms with Gasteiger partial charge in [0.25, 0.3) is 0 Å². The summed E-state index contributed by atoms with van der Waals surface area (Å²) in [5.41, 5.74) is 7.17. The molecule has 0 radical (unpaired) electrons. The van der Waals surface area contributed by atoms with Crippen molar-refractivity contribution in [2.45, 2.75) is 37.9 Å². The smallest absolute Gasteiger partial charge is 0.0634 e. The Kier molecular flexibility index (Phi) is 4.56. The van der Waals surface area contributed by atoms with E-state index in [0.717, 1.165) is 50.6 Å². The number of pyridine rings is 1. The molecular formula is C15H23ClN4. The predicted octanol–water partition coefficient (Wildman–Crippen LogP) is 1.73. The van der Waals surface area contributed by atoms with Crippen molar-refractivity contribution in [3.63, 3.8) is 0 Å². The zero-order valence-electron chi connectivity index (χ0n) is 11.8. The highest BCUT2D eigenvalue weighted by Crippen LogP contribution is 2.23. The minimum atomic E-state index is 0.416. The van der Waals surface area contributed by atoms with E-state index in [-0.39, 0.29) is 0 Å². The van der Waals surface area contributed by atoms with Gasteiger partial charge in [-0.05, 0) is 44.0 Å². The molecule has 2 saturated heterocycles. The van der Waals surface area contributed by atoms with Crippen LogP contribution in [0.4, 0.5) is 0 Å². The van der Waals surface area contributed by atoms with Gasteiger partial charge in [-0.3, -0.25) is 14.8 Å². The van der Waals surface area contributed by atoms with Crippen molar-refractivity contribution in [1.82, 2.24) is 14.8 Å². The molecule has 1 aromatic heterocycles. The number of nitrogens with zero attached hydrogens (tertiary/aromatic N) is 3. The van der Waals surface area contributed by atoms with Gasteiger partial charge in [0.2, 0.25) is 0 Å². The number of nitrogens with two attached hydrogens (primary N) is 1. The third-order valence-corrected chi connectivity index (χ3v) is 4.93. The lowest BCUT2D eigenvalue weighted by Crippen LogP contribution is -2.46. The van der Waals surface area contributed by atoms with Crippen LogP contribution >= 0.6 is 11.6 Å².